The first-order valence-corrected chi connectivity index (χ1v) is 4.68. The maximum Gasteiger partial charge on any atom is 0 e. The van der Waals surface area contributed by atoms with Crippen LogP contribution in [0.15, 0.2) is 0 Å². The number of rotatable bonds is 0. The smallest absolute Gasteiger partial charge is 0 e. The van der Waals surface area contributed by atoms with E-state index in [0.717, 1.165) is 8.85 Å². The van der Waals surface area contributed by atoms with E-state index in [1.165, 1.54) is 0 Å². The average molecular weight is 427 g/mol. The summed E-state index contributed by atoms with van der Waals surface area (Å²) in [4.78, 5) is 0. The molecule has 9 heteroatoms. The van der Waals surface area contributed by atoms with Gasteiger partial charge < -0.3 is 0 Å². The van der Waals surface area contributed by atoms with Gasteiger partial charge in [0, 0.05) is 92.7 Å². The van der Waals surface area contributed by atoms with Crippen LogP contribution in [-0.2, 0) is 108 Å². The molecule has 0 heterocycles. The van der Waals surface area contributed by atoms with Crippen LogP contribution >= 0.6 is 0 Å². The number of hydrogen-bond acceptors (Lipinski definition) is 0. The molecule has 9 heavy (non-hydrogen) atoms. The van der Waals surface area contributed by atoms with E-state index in [1.54, 1.807) is 0 Å². The van der Waals surface area contributed by atoms with Crippen molar-refractivity contribution in [3.05, 3.63) is 0 Å². The van der Waals surface area contributed by atoms with E-state index in [0.29, 0.717) is 0 Å². The van der Waals surface area contributed by atoms with Crippen molar-refractivity contribution < 1.29 is 108 Å². The van der Waals surface area contributed by atoms with Gasteiger partial charge in [-0.15, -0.1) is 0 Å². The summed E-state index contributed by atoms with van der Waals surface area (Å²) in [7, 11) is 1.12. The second-order valence-electron chi connectivity index (χ2n) is 0. The largest absolute Gasteiger partial charge is 0 e. The molecule has 1 radical (unpaired) electrons. The SMILES string of the molecule is [AlH3].[Cr].[Cu].[Fe].[MgH2].[SiH3][Mn].[Ti].[Zn]. The van der Waals surface area contributed by atoms with E-state index < -0.39 is 0 Å². The summed E-state index contributed by atoms with van der Waals surface area (Å²) in [6, 6.07) is 0. The van der Waals surface area contributed by atoms with Gasteiger partial charge >= 0.3 is 47.3 Å². The van der Waals surface area contributed by atoms with Gasteiger partial charge in [-0.3, -0.25) is 0 Å². The van der Waals surface area contributed by atoms with Gasteiger partial charge in [-0.25, -0.2) is 0 Å². The summed E-state index contributed by atoms with van der Waals surface area (Å²) >= 11 is 3.08. The third-order valence-corrected chi connectivity index (χ3v) is 0. The summed E-state index contributed by atoms with van der Waals surface area (Å²) in [5.74, 6) is 0. The molecule has 0 unspecified atom stereocenters. The third-order valence-electron chi connectivity index (χ3n) is 0. The van der Waals surface area contributed by atoms with Crippen LogP contribution in [-0.4, -0.2) is 49.3 Å². The van der Waals surface area contributed by atoms with E-state index in [1.807, 2.05) is 0 Å². The standard InChI is InChI=1S/Al.Cr.Cu.Fe.Mg.Mn.H3Si.Ti.Zn.5H/h;;;;;;1H3;;;;;;;. The van der Waals surface area contributed by atoms with Gasteiger partial charge in [0.2, 0.25) is 0 Å². The molecular weight excluding hydrogens is 419 g/mol. The van der Waals surface area contributed by atoms with Crippen molar-refractivity contribution in [2.24, 2.45) is 0 Å². The first-order chi connectivity index (χ1) is 1.00. The first kappa shape index (κ1) is 66.1. The van der Waals surface area contributed by atoms with Gasteiger partial charge in [-0.05, 0) is 0 Å². The van der Waals surface area contributed by atoms with Crippen molar-refractivity contribution in [3.8, 4) is 0 Å². The zero-order valence-corrected chi connectivity index (χ0v) is 14.7. The molecule has 0 aromatic rings. The van der Waals surface area contributed by atoms with Crippen molar-refractivity contribution >= 4 is 49.3 Å². The fraction of sp³-hybridized carbons (Fsp3) is 0. The Morgan fingerprint density at radius 2 is 1.11 bits per heavy atom. The maximum absolute atomic E-state index is 3.08. The Kier molecular flexibility index (Phi) is 555. The van der Waals surface area contributed by atoms with Gasteiger partial charge in [-0.2, -0.15) is 0 Å². The zero-order chi connectivity index (χ0) is 2.00. The third kappa shape index (κ3) is 63.4. The van der Waals surface area contributed by atoms with E-state index in [-0.39, 0.29) is 133 Å². The Morgan fingerprint density at radius 1 is 1.11 bits per heavy atom. The molecule has 0 aliphatic heterocycles. The molecular formula is H8AlCrCuFeMgMnSiTiZn. The maximum atomic E-state index is 3.08. The van der Waals surface area contributed by atoms with Crippen molar-refractivity contribution in [1.82, 2.24) is 0 Å². The predicted molar refractivity (Wildman–Crippen MR) is 28.4 cm³/mol. The predicted octanol–water partition coefficient (Wildman–Crippen LogP) is -3.30. The van der Waals surface area contributed by atoms with Crippen LogP contribution in [0.1, 0.15) is 0 Å². The van der Waals surface area contributed by atoms with Crippen LogP contribution < -0.4 is 0 Å². The molecule has 0 amide bonds. The quantitative estimate of drug-likeness (QED) is 0.356. The van der Waals surface area contributed by atoms with Crippen LogP contribution in [0.2, 0.25) is 0 Å². The minimum Gasteiger partial charge on any atom is 0 e. The molecule has 0 saturated carbocycles. The Hall–Kier alpha value is 4.94. The van der Waals surface area contributed by atoms with Gasteiger partial charge in [0.15, 0.2) is 17.4 Å². The molecule has 0 aromatic heterocycles. The molecule has 0 rings (SSSR count). The van der Waals surface area contributed by atoms with Crippen molar-refractivity contribution in [1.29, 1.82) is 0 Å². The molecule has 55 valence electrons. The second kappa shape index (κ2) is 75.5. The Balaban J connectivity index is -0.000000000238. The van der Waals surface area contributed by atoms with Crippen molar-refractivity contribution in [2.75, 3.05) is 0 Å². The topological polar surface area (TPSA) is 0 Å². The van der Waals surface area contributed by atoms with Crippen molar-refractivity contribution in [3.63, 3.8) is 0 Å². The second-order valence-corrected chi connectivity index (χ2v) is 0. The molecule has 0 aromatic carbocycles. The van der Waals surface area contributed by atoms with E-state index in [4.69, 9.17) is 0 Å². The summed E-state index contributed by atoms with van der Waals surface area (Å²) < 4.78 is 0. The molecule has 0 bridgehead atoms. The zero-order valence-electron chi connectivity index (χ0n) is 3.65. The van der Waals surface area contributed by atoms with Crippen LogP contribution in [0.5, 0.6) is 0 Å². The van der Waals surface area contributed by atoms with E-state index in [2.05, 4.69) is 15.4 Å². The van der Waals surface area contributed by atoms with Gasteiger partial charge in [0.25, 0.3) is 0 Å². The molecule has 0 fully saturated rings. The molecule has 0 aliphatic carbocycles. The van der Waals surface area contributed by atoms with Gasteiger partial charge in [0.1, 0.15) is 0 Å². The minimum atomic E-state index is 0. The fourth-order valence-corrected chi connectivity index (χ4v) is 0. The first-order valence-electron chi connectivity index (χ1n) is 0.378. The summed E-state index contributed by atoms with van der Waals surface area (Å²) in [6.45, 7) is 0. The molecule has 0 spiro atoms. The average Bonchev–Trinajstić information content (AvgIpc) is 1.00. The normalized spacial score (nSPS) is 1.00. The van der Waals surface area contributed by atoms with Crippen LogP contribution in [0.25, 0.3) is 0 Å². The molecule has 0 atom stereocenters. The summed E-state index contributed by atoms with van der Waals surface area (Å²) in [5, 5.41) is 0. The molecule has 0 nitrogen and oxygen atoms in total. The molecule has 0 aliphatic rings. The minimum absolute atomic E-state index is 0. The number of hydrogen-bond donors (Lipinski definition) is 0. The Labute approximate surface area is 154 Å². The van der Waals surface area contributed by atoms with Crippen LogP contribution in [0.4, 0.5) is 0 Å². The van der Waals surface area contributed by atoms with Gasteiger partial charge in [0.05, 0.1) is 0 Å². The fourth-order valence-electron chi connectivity index (χ4n) is 0. The molecule has 0 N–H and O–H groups in total. The van der Waals surface area contributed by atoms with Crippen LogP contribution in [0, 0.1) is 0 Å². The Morgan fingerprint density at radius 3 is 1.11 bits per heavy atom. The summed E-state index contributed by atoms with van der Waals surface area (Å²) in [6.07, 6.45) is 0. The monoisotopic (exact) mass is 425 g/mol. The van der Waals surface area contributed by atoms with E-state index in [9.17, 15) is 0 Å². The van der Waals surface area contributed by atoms with Gasteiger partial charge in [-0.1, -0.05) is 0 Å². The summed E-state index contributed by atoms with van der Waals surface area (Å²) in [5.41, 5.74) is 0. The van der Waals surface area contributed by atoms with E-state index >= 15 is 0 Å². The van der Waals surface area contributed by atoms with Crippen molar-refractivity contribution in [2.45, 2.75) is 0 Å². The molecule has 0 saturated heterocycles. The Bertz CT molecular complexity index is 28.5. The van der Waals surface area contributed by atoms with Crippen LogP contribution in [0.3, 0.4) is 0 Å².